The fourth-order valence-electron chi connectivity index (χ4n) is 5.02. The predicted molar refractivity (Wildman–Crippen MR) is 161 cm³/mol. The van der Waals surface area contributed by atoms with Gasteiger partial charge in [-0.1, -0.05) is 12.1 Å². The Morgan fingerprint density at radius 2 is 1.98 bits per heavy atom. The highest BCUT2D eigenvalue weighted by atomic mass is 32.1. The van der Waals surface area contributed by atoms with Crippen molar-refractivity contribution in [1.82, 2.24) is 24.5 Å². The summed E-state index contributed by atoms with van der Waals surface area (Å²) in [5, 5.41) is 8.38. The molecule has 220 valence electrons. The van der Waals surface area contributed by atoms with E-state index in [2.05, 4.69) is 10.1 Å². The maximum atomic E-state index is 14.2. The fourth-order valence-corrected chi connectivity index (χ4v) is 6.53. The summed E-state index contributed by atoms with van der Waals surface area (Å²) in [4.78, 5) is 24.4. The number of imidazole rings is 1. The Morgan fingerprint density at radius 3 is 2.70 bits per heavy atom. The van der Waals surface area contributed by atoms with E-state index in [1.807, 2.05) is 29.6 Å². The number of halogens is 1. The van der Waals surface area contributed by atoms with Gasteiger partial charge in [0, 0.05) is 41.6 Å². The van der Waals surface area contributed by atoms with Crippen LogP contribution in [-0.2, 0) is 6.61 Å². The summed E-state index contributed by atoms with van der Waals surface area (Å²) in [6.45, 7) is 2.32. The Morgan fingerprint density at radius 1 is 1.14 bits per heavy atom. The molecule has 2 aromatic carbocycles. The number of hydrogen-bond donors (Lipinski definition) is 0. The molecular weight excluding hydrogens is 593 g/mol. The Labute approximate surface area is 253 Å². The van der Waals surface area contributed by atoms with Crippen LogP contribution in [0.4, 0.5) is 4.39 Å². The standard InChI is InChI=1S/C30H26FN5O5S2/c1-30(31)8-9-35(16-30)27(37)18-6-4-17(5-7-18)26-32-19(15-42-26)14-40-23-10-20(38-2)11-24-21(23)12-25(41-24)22-13-36-28(33-22)43-29(34-36)39-3/h4-7,10-13,15H,8-9,14,16H2,1-3H3. The van der Waals surface area contributed by atoms with E-state index < -0.39 is 5.67 Å². The number of furan rings is 1. The smallest absolute Gasteiger partial charge is 0.294 e. The Kier molecular flexibility index (Phi) is 6.78. The first-order valence-corrected chi connectivity index (χ1v) is 15.2. The minimum atomic E-state index is -1.32. The highest BCUT2D eigenvalue weighted by Crippen LogP contribution is 2.38. The molecule has 0 bridgehead atoms. The van der Waals surface area contributed by atoms with E-state index in [1.54, 1.807) is 48.0 Å². The molecule has 6 aromatic rings. The van der Waals surface area contributed by atoms with E-state index >= 15 is 0 Å². The van der Waals surface area contributed by atoms with Gasteiger partial charge in [0.25, 0.3) is 11.1 Å². The van der Waals surface area contributed by atoms with Gasteiger partial charge < -0.3 is 23.5 Å². The molecule has 1 aliphatic heterocycles. The fraction of sp³-hybridized carbons (Fsp3) is 0.267. The zero-order valence-electron chi connectivity index (χ0n) is 23.5. The third-order valence-corrected chi connectivity index (χ3v) is 9.10. The second kappa shape index (κ2) is 10.7. The maximum Gasteiger partial charge on any atom is 0.294 e. The van der Waals surface area contributed by atoms with Crippen LogP contribution >= 0.6 is 22.7 Å². The second-order valence-electron chi connectivity index (χ2n) is 10.5. The summed E-state index contributed by atoms with van der Waals surface area (Å²) in [6, 6.07) is 12.8. The van der Waals surface area contributed by atoms with Crippen LogP contribution in [0.25, 0.3) is 38.0 Å². The minimum Gasteiger partial charge on any atom is -0.496 e. The second-order valence-corrected chi connectivity index (χ2v) is 12.3. The van der Waals surface area contributed by atoms with Crippen LogP contribution in [0.3, 0.4) is 0 Å². The van der Waals surface area contributed by atoms with Gasteiger partial charge in [0.1, 0.15) is 40.1 Å². The Hall–Kier alpha value is -4.49. The average Bonchev–Trinajstić information content (AvgIpc) is 3.83. The first-order chi connectivity index (χ1) is 20.8. The number of ether oxygens (including phenoxy) is 3. The molecule has 5 heterocycles. The topological polar surface area (TPSA) is 104 Å². The van der Waals surface area contributed by atoms with Crippen LogP contribution in [0.2, 0.25) is 0 Å². The van der Waals surface area contributed by atoms with Crippen molar-refractivity contribution in [3.8, 4) is 38.7 Å². The third-order valence-electron chi connectivity index (χ3n) is 7.28. The van der Waals surface area contributed by atoms with E-state index in [9.17, 15) is 9.18 Å². The average molecular weight is 620 g/mol. The molecule has 0 spiro atoms. The normalized spacial score (nSPS) is 16.8. The van der Waals surface area contributed by atoms with E-state index in [0.29, 0.717) is 57.2 Å². The van der Waals surface area contributed by atoms with Gasteiger partial charge in [0.2, 0.25) is 4.96 Å². The Balaban J connectivity index is 1.07. The number of methoxy groups -OCH3 is 2. The van der Waals surface area contributed by atoms with Crippen molar-refractivity contribution in [3.63, 3.8) is 0 Å². The number of thiazole rings is 1. The molecule has 0 radical (unpaired) electrons. The number of nitrogens with zero attached hydrogens (tertiary/aromatic N) is 5. The lowest BCUT2D eigenvalue weighted by Gasteiger charge is -2.17. The van der Waals surface area contributed by atoms with Gasteiger partial charge in [-0.15, -0.1) is 16.4 Å². The van der Waals surface area contributed by atoms with Gasteiger partial charge in [0.05, 0.1) is 38.0 Å². The zero-order chi connectivity index (χ0) is 29.7. The quantitative estimate of drug-likeness (QED) is 0.190. The van der Waals surface area contributed by atoms with E-state index in [-0.39, 0.29) is 19.1 Å². The lowest BCUT2D eigenvalue weighted by atomic mass is 10.1. The number of carbonyl (C=O) groups excluding carboxylic acids is 1. The molecule has 1 fully saturated rings. The molecule has 7 rings (SSSR count). The summed E-state index contributed by atoms with van der Waals surface area (Å²) >= 11 is 2.83. The van der Waals surface area contributed by atoms with Gasteiger partial charge >= 0.3 is 0 Å². The third kappa shape index (κ3) is 5.30. The van der Waals surface area contributed by atoms with Crippen molar-refractivity contribution < 1.29 is 27.8 Å². The molecule has 0 aliphatic carbocycles. The molecule has 1 amide bonds. The SMILES string of the molecule is COc1cc(OCc2csc(-c3ccc(C(=O)N4CCC(C)(F)C4)cc3)n2)c2cc(-c3cn4nc(OC)sc4n3)oc2c1. The van der Waals surface area contributed by atoms with E-state index in [4.69, 9.17) is 23.6 Å². The minimum absolute atomic E-state index is 0.123. The van der Waals surface area contributed by atoms with Gasteiger partial charge in [0.15, 0.2) is 5.76 Å². The number of aromatic nitrogens is 4. The van der Waals surface area contributed by atoms with Gasteiger partial charge in [-0.2, -0.15) is 0 Å². The largest absolute Gasteiger partial charge is 0.496 e. The molecular formula is C30H26FN5O5S2. The maximum absolute atomic E-state index is 14.2. The van der Waals surface area contributed by atoms with Crippen LogP contribution in [0, 0.1) is 0 Å². The summed E-state index contributed by atoms with van der Waals surface area (Å²) in [5.74, 6) is 1.61. The Bertz CT molecular complexity index is 1930. The molecule has 1 saturated heterocycles. The van der Waals surface area contributed by atoms with E-state index in [1.165, 1.54) is 29.6 Å². The first kappa shape index (κ1) is 27.3. The van der Waals surface area contributed by atoms with Crippen molar-refractivity contribution in [2.24, 2.45) is 0 Å². The van der Waals surface area contributed by atoms with Crippen molar-refractivity contribution in [2.75, 3.05) is 27.3 Å². The molecule has 0 saturated carbocycles. The summed E-state index contributed by atoms with van der Waals surface area (Å²) < 4.78 is 38.9. The van der Waals surface area contributed by atoms with Gasteiger partial charge in [-0.25, -0.2) is 18.9 Å². The van der Waals surface area contributed by atoms with Crippen molar-refractivity contribution in [1.29, 1.82) is 0 Å². The molecule has 1 aliphatic rings. The molecule has 43 heavy (non-hydrogen) atoms. The van der Waals surface area contributed by atoms with Crippen molar-refractivity contribution in [3.05, 3.63) is 65.3 Å². The van der Waals surface area contributed by atoms with Crippen molar-refractivity contribution in [2.45, 2.75) is 25.6 Å². The number of benzene rings is 2. The summed E-state index contributed by atoms with van der Waals surface area (Å²) in [5.41, 5.74) is 2.10. The number of hydrogen-bond acceptors (Lipinski definition) is 10. The van der Waals surface area contributed by atoms with Crippen LogP contribution in [-0.4, -0.2) is 63.4 Å². The molecule has 1 unspecified atom stereocenters. The number of likely N-dealkylation sites (tertiary alicyclic amines) is 1. The van der Waals surface area contributed by atoms with Gasteiger partial charge in [-0.3, -0.25) is 4.79 Å². The highest BCUT2D eigenvalue weighted by Gasteiger charge is 2.36. The lowest BCUT2D eigenvalue weighted by molar-refractivity contribution is 0.0760. The highest BCUT2D eigenvalue weighted by molar-refractivity contribution is 7.18. The number of alkyl halides is 1. The first-order valence-electron chi connectivity index (χ1n) is 13.5. The number of fused-ring (bicyclic) bond motifs is 2. The predicted octanol–water partition coefficient (Wildman–Crippen LogP) is 6.50. The molecule has 1 atom stereocenters. The van der Waals surface area contributed by atoms with Crippen LogP contribution in [0.5, 0.6) is 16.7 Å². The van der Waals surface area contributed by atoms with Crippen LogP contribution in [0.1, 0.15) is 29.4 Å². The van der Waals surface area contributed by atoms with Crippen LogP contribution in [0.15, 0.2) is 58.5 Å². The lowest BCUT2D eigenvalue weighted by Crippen LogP contribution is -2.31. The molecule has 10 nitrogen and oxygen atoms in total. The monoisotopic (exact) mass is 619 g/mol. The summed E-state index contributed by atoms with van der Waals surface area (Å²) in [7, 11) is 3.16. The number of carbonyl (C=O) groups is 1. The van der Waals surface area contributed by atoms with Crippen LogP contribution < -0.4 is 14.2 Å². The zero-order valence-corrected chi connectivity index (χ0v) is 25.1. The molecule has 13 heteroatoms. The summed E-state index contributed by atoms with van der Waals surface area (Å²) in [6.07, 6.45) is 2.15. The van der Waals surface area contributed by atoms with Crippen molar-refractivity contribution >= 4 is 44.5 Å². The molecule has 4 aromatic heterocycles. The van der Waals surface area contributed by atoms with Gasteiger partial charge in [-0.05, 0) is 36.5 Å². The van der Waals surface area contributed by atoms with E-state index in [0.717, 1.165) is 21.7 Å². The number of rotatable bonds is 8. The number of amides is 1. The molecule has 0 N–H and O–H groups in total.